The van der Waals surface area contributed by atoms with Crippen LogP contribution in [0.15, 0.2) is 82.0 Å². The van der Waals surface area contributed by atoms with E-state index in [1.807, 2.05) is 30.3 Å². The molecule has 2 heterocycles. The molecule has 0 aliphatic rings. The molecule has 3 aromatic carbocycles. The highest BCUT2D eigenvalue weighted by Gasteiger charge is 2.17. The van der Waals surface area contributed by atoms with Crippen LogP contribution in [0.4, 0.5) is 0 Å². The summed E-state index contributed by atoms with van der Waals surface area (Å²) in [6.07, 6.45) is 0. The second-order valence-electron chi connectivity index (χ2n) is 8.45. The van der Waals surface area contributed by atoms with Crippen LogP contribution in [0.25, 0.3) is 33.3 Å². The van der Waals surface area contributed by atoms with Crippen LogP contribution in [0.3, 0.4) is 0 Å². The molecule has 5 aromatic rings. The summed E-state index contributed by atoms with van der Waals surface area (Å²) >= 11 is 0. The summed E-state index contributed by atoms with van der Waals surface area (Å²) in [5.74, 6) is 1.10. The lowest BCUT2D eigenvalue weighted by molar-refractivity contribution is 0.100. The number of benzene rings is 3. The van der Waals surface area contributed by atoms with Crippen molar-refractivity contribution in [3.63, 3.8) is 0 Å². The maximum atomic E-state index is 12.9. The molecule has 0 bridgehead atoms. The second kappa shape index (κ2) is 8.06. The van der Waals surface area contributed by atoms with Crippen LogP contribution in [0.1, 0.15) is 41.5 Å². The lowest BCUT2D eigenvalue weighted by Crippen LogP contribution is -2.10. The summed E-state index contributed by atoms with van der Waals surface area (Å²) in [5.41, 5.74) is 9.63. The standard InChI is InChI=1S/C27H23N3O3/c1-16(2)27-29-21-12-20-23(31)14-24(18-8-10-19(11-9-18)26(28)32)33-25(20)13-22(21)30(27)15-17-6-4-3-5-7-17/h3-14,16H,15H2,1-2H3,(H2,28,32). The number of hydrogen-bond acceptors (Lipinski definition) is 4. The topological polar surface area (TPSA) is 91.1 Å². The molecule has 6 heteroatoms. The number of aromatic nitrogens is 2. The van der Waals surface area contributed by atoms with Gasteiger partial charge in [0.15, 0.2) is 5.43 Å². The van der Waals surface area contributed by atoms with E-state index in [1.54, 1.807) is 24.3 Å². The van der Waals surface area contributed by atoms with Crippen molar-refractivity contribution in [1.29, 1.82) is 0 Å². The molecule has 0 unspecified atom stereocenters. The zero-order valence-corrected chi connectivity index (χ0v) is 18.4. The Kier molecular flexibility index (Phi) is 5.05. The van der Waals surface area contributed by atoms with E-state index in [1.165, 1.54) is 11.6 Å². The van der Waals surface area contributed by atoms with Crippen LogP contribution in [0, 0.1) is 0 Å². The van der Waals surface area contributed by atoms with Crippen LogP contribution < -0.4 is 11.2 Å². The zero-order chi connectivity index (χ0) is 23.1. The van der Waals surface area contributed by atoms with Crippen LogP contribution in [0.2, 0.25) is 0 Å². The number of nitrogens with zero attached hydrogens (tertiary/aromatic N) is 2. The summed E-state index contributed by atoms with van der Waals surface area (Å²) < 4.78 is 8.34. The van der Waals surface area contributed by atoms with Gasteiger partial charge in [-0.3, -0.25) is 9.59 Å². The Morgan fingerprint density at radius 2 is 1.76 bits per heavy atom. The molecule has 164 valence electrons. The van der Waals surface area contributed by atoms with E-state index in [9.17, 15) is 9.59 Å². The minimum absolute atomic E-state index is 0.143. The zero-order valence-electron chi connectivity index (χ0n) is 18.4. The molecule has 0 saturated heterocycles. The number of carbonyl (C=O) groups excluding carboxylic acids is 1. The summed E-state index contributed by atoms with van der Waals surface area (Å²) in [5, 5.41) is 0.486. The predicted molar refractivity (Wildman–Crippen MR) is 129 cm³/mol. The lowest BCUT2D eigenvalue weighted by Gasteiger charge is -2.12. The highest BCUT2D eigenvalue weighted by molar-refractivity contribution is 5.94. The van der Waals surface area contributed by atoms with Crippen LogP contribution in [0.5, 0.6) is 0 Å². The fraction of sp³-hybridized carbons (Fsp3) is 0.148. The summed E-state index contributed by atoms with van der Waals surface area (Å²) in [4.78, 5) is 29.1. The highest BCUT2D eigenvalue weighted by Crippen LogP contribution is 2.29. The largest absolute Gasteiger partial charge is 0.456 e. The maximum absolute atomic E-state index is 12.9. The van der Waals surface area contributed by atoms with Gasteiger partial charge < -0.3 is 14.7 Å². The van der Waals surface area contributed by atoms with Gasteiger partial charge in [0.05, 0.1) is 16.4 Å². The third-order valence-electron chi connectivity index (χ3n) is 5.78. The molecule has 0 aliphatic carbocycles. The molecule has 0 saturated carbocycles. The summed E-state index contributed by atoms with van der Waals surface area (Å²) in [6.45, 7) is 4.90. The Morgan fingerprint density at radius 1 is 1.03 bits per heavy atom. The van der Waals surface area contributed by atoms with Gasteiger partial charge in [0.2, 0.25) is 5.91 Å². The third-order valence-corrected chi connectivity index (χ3v) is 5.78. The van der Waals surface area contributed by atoms with Crippen molar-refractivity contribution < 1.29 is 9.21 Å². The number of hydrogen-bond donors (Lipinski definition) is 1. The quantitative estimate of drug-likeness (QED) is 0.415. The molecule has 2 N–H and O–H groups in total. The minimum atomic E-state index is -0.503. The van der Waals surface area contributed by atoms with Gasteiger partial charge in [-0.15, -0.1) is 0 Å². The molecule has 2 aromatic heterocycles. The molecule has 6 nitrogen and oxygen atoms in total. The van der Waals surface area contributed by atoms with Gasteiger partial charge >= 0.3 is 0 Å². The van der Waals surface area contributed by atoms with E-state index in [4.69, 9.17) is 15.1 Å². The van der Waals surface area contributed by atoms with Crippen molar-refractivity contribution in [2.24, 2.45) is 5.73 Å². The average Bonchev–Trinajstić information content (AvgIpc) is 3.16. The van der Waals surface area contributed by atoms with E-state index < -0.39 is 5.91 Å². The smallest absolute Gasteiger partial charge is 0.248 e. The molecule has 0 atom stereocenters. The molecule has 33 heavy (non-hydrogen) atoms. The number of nitrogens with two attached hydrogens (primary N) is 1. The second-order valence-corrected chi connectivity index (χ2v) is 8.45. The maximum Gasteiger partial charge on any atom is 0.248 e. The monoisotopic (exact) mass is 437 g/mol. The van der Waals surface area contributed by atoms with Crippen molar-refractivity contribution in [1.82, 2.24) is 9.55 Å². The third kappa shape index (κ3) is 3.80. The minimum Gasteiger partial charge on any atom is -0.456 e. The lowest BCUT2D eigenvalue weighted by atomic mass is 10.1. The first kappa shape index (κ1) is 20.7. The van der Waals surface area contributed by atoms with Crippen molar-refractivity contribution >= 4 is 27.9 Å². The number of primary amides is 1. The van der Waals surface area contributed by atoms with Crippen molar-refractivity contribution in [2.75, 3.05) is 0 Å². The first-order valence-electron chi connectivity index (χ1n) is 10.8. The first-order chi connectivity index (χ1) is 15.9. The van der Waals surface area contributed by atoms with Crippen LogP contribution in [-0.4, -0.2) is 15.5 Å². The molecule has 0 radical (unpaired) electrons. The Hall–Kier alpha value is -4.19. The van der Waals surface area contributed by atoms with E-state index in [0.717, 1.165) is 16.9 Å². The van der Waals surface area contributed by atoms with Gasteiger partial charge in [0.25, 0.3) is 0 Å². The summed E-state index contributed by atoms with van der Waals surface area (Å²) in [6, 6.07) is 22.1. The normalized spacial score (nSPS) is 11.5. The van der Waals surface area contributed by atoms with Crippen LogP contribution >= 0.6 is 0 Å². The van der Waals surface area contributed by atoms with Gasteiger partial charge in [0.1, 0.15) is 17.2 Å². The molecule has 5 rings (SSSR count). The van der Waals surface area contributed by atoms with E-state index in [2.05, 4.69) is 30.5 Å². The predicted octanol–water partition coefficient (Wildman–Crippen LogP) is 5.08. The van der Waals surface area contributed by atoms with Gasteiger partial charge in [0, 0.05) is 35.7 Å². The van der Waals surface area contributed by atoms with Gasteiger partial charge in [-0.05, 0) is 23.8 Å². The number of amides is 1. The van der Waals surface area contributed by atoms with E-state index in [-0.39, 0.29) is 11.3 Å². The molecular weight excluding hydrogens is 414 g/mol. The Bertz CT molecular complexity index is 1550. The Balaban J connectivity index is 1.68. The number of rotatable bonds is 5. The number of imidazole rings is 1. The van der Waals surface area contributed by atoms with Crippen molar-refractivity contribution in [3.8, 4) is 11.3 Å². The average molecular weight is 437 g/mol. The Morgan fingerprint density at radius 3 is 2.42 bits per heavy atom. The highest BCUT2D eigenvalue weighted by atomic mass is 16.3. The van der Waals surface area contributed by atoms with Crippen LogP contribution in [-0.2, 0) is 6.54 Å². The van der Waals surface area contributed by atoms with E-state index >= 15 is 0 Å². The SMILES string of the molecule is CC(C)c1nc2cc3c(=O)cc(-c4ccc(C(N)=O)cc4)oc3cc2n1Cc1ccccc1. The molecular formula is C27H23N3O3. The molecule has 0 spiro atoms. The van der Waals surface area contributed by atoms with E-state index in [0.29, 0.717) is 34.4 Å². The fourth-order valence-electron chi connectivity index (χ4n) is 4.11. The molecule has 0 aliphatic heterocycles. The summed E-state index contributed by atoms with van der Waals surface area (Å²) in [7, 11) is 0. The number of carbonyl (C=O) groups is 1. The first-order valence-corrected chi connectivity index (χ1v) is 10.8. The van der Waals surface area contributed by atoms with Crippen molar-refractivity contribution in [3.05, 3.63) is 100.0 Å². The number of fused-ring (bicyclic) bond motifs is 2. The molecule has 1 amide bonds. The van der Waals surface area contributed by atoms with Crippen molar-refractivity contribution in [2.45, 2.75) is 26.3 Å². The Labute approximate surface area is 190 Å². The van der Waals surface area contributed by atoms with Gasteiger partial charge in [-0.1, -0.05) is 56.3 Å². The fourth-order valence-corrected chi connectivity index (χ4v) is 4.11. The van der Waals surface area contributed by atoms with Gasteiger partial charge in [-0.2, -0.15) is 0 Å². The molecule has 0 fully saturated rings. The van der Waals surface area contributed by atoms with Gasteiger partial charge in [-0.25, -0.2) is 4.98 Å².